The van der Waals surface area contributed by atoms with Gasteiger partial charge in [-0.05, 0) is 38.1 Å². The first-order valence-electron chi connectivity index (χ1n) is 8.47. The number of carbonyl (C=O) groups excluding carboxylic acids is 3. The Kier molecular flexibility index (Phi) is 7.70. The van der Waals surface area contributed by atoms with Gasteiger partial charge in [0.05, 0.1) is 11.7 Å². The van der Waals surface area contributed by atoms with Gasteiger partial charge in [0.2, 0.25) is 0 Å². The first kappa shape index (κ1) is 21.1. The highest BCUT2D eigenvalue weighted by Crippen LogP contribution is 2.16. The predicted molar refractivity (Wildman–Crippen MR) is 107 cm³/mol. The molecule has 1 aromatic carbocycles. The molecular formula is C19H21N3O5S. The molecule has 148 valence electrons. The van der Waals surface area contributed by atoms with Gasteiger partial charge in [0.1, 0.15) is 0 Å². The minimum atomic E-state index is -0.690. The van der Waals surface area contributed by atoms with E-state index in [1.54, 1.807) is 49.6 Å². The standard InChI is InChI=1S/C19H21N3O5S/c1-4-9-20-19-22-15(11-28-19)18(25)26-10-16(23)21-14-7-5-13(6-8-14)17(24)27-12(2)3/h4-8,11-12H,1,9-10H2,2-3H3,(H,20,22)(H,21,23). The monoisotopic (exact) mass is 403 g/mol. The SMILES string of the molecule is C=CCNc1nc(C(=O)OCC(=O)Nc2ccc(C(=O)OC(C)C)cc2)cs1. The van der Waals surface area contributed by atoms with Crippen molar-refractivity contribution in [3.63, 3.8) is 0 Å². The third-order valence-corrected chi connectivity index (χ3v) is 3.99. The molecule has 0 spiro atoms. The Bertz CT molecular complexity index is 846. The Morgan fingerprint density at radius 3 is 2.57 bits per heavy atom. The molecule has 9 heteroatoms. The van der Waals surface area contributed by atoms with Crippen LogP contribution in [-0.4, -0.2) is 42.1 Å². The van der Waals surface area contributed by atoms with Crippen molar-refractivity contribution >= 4 is 40.0 Å². The number of anilines is 2. The number of benzene rings is 1. The molecule has 0 fully saturated rings. The first-order chi connectivity index (χ1) is 13.4. The van der Waals surface area contributed by atoms with Crippen LogP contribution in [0.1, 0.15) is 34.7 Å². The average Bonchev–Trinajstić information content (AvgIpc) is 3.13. The molecule has 0 saturated heterocycles. The number of aromatic nitrogens is 1. The van der Waals surface area contributed by atoms with Crippen LogP contribution in [0.2, 0.25) is 0 Å². The molecule has 0 saturated carbocycles. The van der Waals surface area contributed by atoms with Crippen molar-refractivity contribution in [1.82, 2.24) is 4.98 Å². The van der Waals surface area contributed by atoms with E-state index in [0.29, 0.717) is 22.9 Å². The lowest BCUT2D eigenvalue weighted by Gasteiger charge is -2.09. The summed E-state index contributed by atoms with van der Waals surface area (Å²) in [6, 6.07) is 6.21. The van der Waals surface area contributed by atoms with Gasteiger partial charge in [0.15, 0.2) is 17.4 Å². The highest BCUT2D eigenvalue weighted by atomic mass is 32.1. The summed E-state index contributed by atoms with van der Waals surface area (Å²) in [5.74, 6) is -1.64. The van der Waals surface area contributed by atoms with Crippen LogP contribution in [0.5, 0.6) is 0 Å². The van der Waals surface area contributed by atoms with Gasteiger partial charge in [-0.3, -0.25) is 4.79 Å². The normalized spacial score (nSPS) is 10.2. The van der Waals surface area contributed by atoms with Crippen molar-refractivity contribution in [2.45, 2.75) is 20.0 Å². The lowest BCUT2D eigenvalue weighted by Crippen LogP contribution is -2.21. The fourth-order valence-corrected chi connectivity index (χ4v) is 2.67. The Morgan fingerprint density at radius 1 is 1.21 bits per heavy atom. The highest BCUT2D eigenvalue weighted by Gasteiger charge is 2.14. The molecule has 1 heterocycles. The number of nitrogens with one attached hydrogen (secondary N) is 2. The van der Waals surface area contributed by atoms with Crippen molar-refractivity contribution in [3.05, 3.63) is 53.6 Å². The second-order valence-corrected chi connectivity index (χ2v) is 6.72. The summed E-state index contributed by atoms with van der Waals surface area (Å²) >= 11 is 1.25. The van der Waals surface area contributed by atoms with Crippen molar-refractivity contribution in [3.8, 4) is 0 Å². The number of amides is 1. The third kappa shape index (κ3) is 6.51. The molecule has 1 amide bonds. The Labute approximate surface area is 166 Å². The largest absolute Gasteiger partial charge is 0.459 e. The van der Waals surface area contributed by atoms with Crippen LogP contribution in [-0.2, 0) is 14.3 Å². The molecule has 2 rings (SSSR count). The molecule has 28 heavy (non-hydrogen) atoms. The topological polar surface area (TPSA) is 107 Å². The summed E-state index contributed by atoms with van der Waals surface area (Å²) in [6.45, 7) is 7.18. The van der Waals surface area contributed by atoms with Crippen molar-refractivity contribution in [2.24, 2.45) is 0 Å². The fraction of sp³-hybridized carbons (Fsp3) is 0.263. The number of hydrogen-bond donors (Lipinski definition) is 2. The van der Waals surface area contributed by atoms with E-state index in [-0.39, 0.29) is 11.8 Å². The van der Waals surface area contributed by atoms with Crippen LogP contribution >= 0.6 is 11.3 Å². The van der Waals surface area contributed by atoms with Gasteiger partial charge in [0, 0.05) is 17.6 Å². The van der Waals surface area contributed by atoms with Gasteiger partial charge in [-0.1, -0.05) is 6.08 Å². The minimum Gasteiger partial charge on any atom is -0.459 e. The van der Waals surface area contributed by atoms with E-state index in [9.17, 15) is 14.4 Å². The van der Waals surface area contributed by atoms with Gasteiger partial charge < -0.3 is 20.1 Å². The van der Waals surface area contributed by atoms with E-state index in [1.807, 2.05) is 0 Å². The van der Waals surface area contributed by atoms with Crippen LogP contribution in [0.3, 0.4) is 0 Å². The van der Waals surface area contributed by atoms with Crippen molar-refractivity contribution in [2.75, 3.05) is 23.8 Å². The van der Waals surface area contributed by atoms with E-state index in [4.69, 9.17) is 9.47 Å². The summed E-state index contributed by atoms with van der Waals surface area (Å²) in [6.07, 6.45) is 1.46. The van der Waals surface area contributed by atoms with Crippen LogP contribution < -0.4 is 10.6 Å². The number of ether oxygens (including phenoxy) is 2. The summed E-state index contributed by atoms with van der Waals surface area (Å²) in [4.78, 5) is 39.7. The van der Waals surface area contributed by atoms with Crippen LogP contribution in [0.4, 0.5) is 10.8 Å². The second-order valence-electron chi connectivity index (χ2n) is 5.86. The van der Waals surface area contributed by atoms with Gasteiger partial charge in [-0.2, -0.15) is 0 Å². The maximum absolute atomic E-state index is 11.9. The fourth-order valence-electron chi connectivity index (χ4n) is 1.98. The molecule has 2 N–H and O–H groups in total. The van der Waals surface area contributed by atoms with Crippen molar-refractivity contribution < 1.29 is 23.9 Å². The molecular weight excluding hydrogens is 382 g/mol. The quantitative estimate of drug-likeness (QED) is 0.489. The minimum absolute atomic E-state index is 0.123. The first-order valence-corrected chi connectivity index (χ1v) is 9.35. The summed E-state index contributed by atoms with van der Waals surface area (Å²) in [7, 11) is 0. The second kappa shape index (κ2) is 10.2. The third-order valence-electron chi connectivity index (χ3n) is 3.19. The van der Waals surface area contributed by atoms with E-state index >= 15 is 0 Å². The smallest absolute Gasteiger partial charge is 0.358 e. The summed E-state index contributed by atoms with van der Waals surface area (Å²) in [5, 5.41) is 7.64. The summed E-state index contributed by atoms with van der Waals surface area (Å²) in [5.41, 5.74) is 0.964. The predicted octanol–water partition coefficient (Wildman–Crippen LogP) is 3.10. The van der Waals surface area contributed by atoms with Gasteiger partial charge >= 0.3 is 11.9 Å². The van der Waals surface area contributed by atoms with Crippen LogP contribution in [0.15, 0.2) is 42.3 Å². The van der Waals surface area contributed by atoms with Gasteiger partial charge in [-0.15, -0.1) is 17.9 Å². The highest BCUT2D eigenvalue weighted by molar-refractivity contribution is 7.13. The zero-order chi connectivity index (χ0) is 20.5. The number of hydrogen-bond acceptors (Lipinski definition) is 8. The molecule has 0 unspecified atom stereocenters. The summed E-state index contributed by atoms with van der Waals surface area (Å²) < 4.78 is 10.0. The van der Waals surface area contributed by atoms with Crippen molar-refractivity contribution in [1.29, 1.82) is 0 Å². The number of esters is 2. The Hall–Kier alpha value is -3.20. The van der Waals surface area contributed by atoms with E-state index in [1.165, 1.54) is 11.3 Å². The number of carbonyl (C=O) groups is 3. The lowest BCUT2D eigenvalue weighted by atomic mass is 10.2. The number of nitrogens with zero attached hydrogens (tertiary/aromatic N) is 1. The van der Waals surface area contributed by atoms with Crippen LogP contribution in [0.25, 0.3) is 0 Å². The molecule has 0 aliphatic rings. The molecule has 0 radical (unpaired) electrons. The molecule has 2 aromatic rings. The van der Waals surface area contributed by atoms with Gasteiger partial charge in [-0.25, -0.2) is 14.6 Å². The molecule has 0 aliphatic carbocycles. The Morgan fingerprint density at radius 2 is 1.93 bits per heavy atom. The van der Waals surface area contributed by atoms with Gasteiger partial charge in [0.25, 0.3) is 5.91 Å². The zero-order valence-electron chi connectivity index (χ0n) is 15.6. The Balaban J connectivity index is 1.81. The average molecular weight is 403 g/mol. The van der Waals surface area contributed by atoms with E-state index in [0.717, 1.165) is 0 Å². The number of thiazole rings is 1. The van der Waals surface area contributed by atoms with Crippen LogP contribution in [0, 0.1) is 0 Å². The molecule has 0 atom stereocenters. The zero-order valence-corrected chi connectivity index (χ0v) is 16.4. The molecule has 0 aliphatic heterocycles. The lowest BCUT2D eigenvalue weighted by molar-refractivity contribution is -0.119. The maximum Gasteiger partial charge on any atom is 0.358 e. The van der Waals surface area contributed by atoms with E-state index in [2.05, 4.69) is 22.2 Å². The van der Waals surface area contributed by atoms with E-state index < -0.39 is 24.5 Å². The molecule has 1 aromatic heterocycles. The molecule has 8 nitrogen and oxygen atoms in total. The molecule has 0 bridgehead atoms. The maximum atomic E-state index is 11.9. The number of rotatable bonds is 9.